The number of pyridine rings is 1. The van der Waals surface area contributed by atoms with E-state index < -0.39 is 15.6 Å². The second-order valence-corrected chi connectivity index (χ2v) is 10.3. The number of benzene rings is 1. The van der Waals surface area contributed by atoms with Gasteiger partial charge in [-0.3, -0.25) is 9.78 Å². The molecule has 1 aromatic heterocycles. The molecule has 1 saturated heterocycles. The van der Waals surface area contributed by atoms with Crippen molar-refractivity contribution in [3.8, 4) is 0 Å². The summed E-state index contributed by atoms with van der Waals surface area (Å²) in [6.07, 6.45) is 3.75. The number of hydrogen-bond donors (Lipinski definition) is 2. The molecule has 1 saturated carbocycles. The number of halogens is 1. The first-order valence-electron chi connectivity index (χ1n) is 10.0. The van der Waals surface area contributed by atoms with E-state index in [-0.39, 0.29) is 11.9 Å². The van der Waals surface area contributed by atoms with Crippen LogP contribution in [0.2, 0.25) is 5.02 Å². The number of rotatable bonds is 7. The highest BCUT2D eigenvalue weighted by Crippen LogP contribution is 2.43. The number of hydrogen-bond acceptors (Lipinski definition) is 4. The fourth-order valence-electron chi connectivity index (χ4n) is 4.05. The highest BCUT2D eigenvalue weighted by atomic mass is 35.5. The molecule has 30 heavy (non-hydrogen) atoms. The SMILES string of the molecule is Cc1ccc(C(=O)NCC2(c3ccccn3)CC(NS(=O)(=O)N3CCC3)C2)c(Cl)c1. The van der Waals surface area contributed by atoms with Crippen LogP contribution >= 0.6 is 11.6 Å². The maximum absolute atomic E-state index is 12.7. The van der Waals surface area contributed by atoms with Crippen LogP contribution in [-0.4, -0.2) is 49.3 Å². The molecular formula is C21H25ClN4O3S. The molecule has 1 aliphatic carbocycles. The van der Waals surface area contributed by atoms with Crippen LogP contribution in [0.25, 0.3) is 0 Å². The molecule has 0 spiro atoms. The van der Waals surface area contributed by atoms with Crippen LogP contribution in [-0.2, 0) is 15.6 Å². The Kier molecular flexibility index (Phi) is 5.85. The third-order valence-electron chi connectivity index (χ3n) is 5.91. The summed E-state index contributed by atoms with van der Waals surface area (Å²) >= 11 is 6.23. The zero-order valence-electron chi connectivity index (χ0n) is 16.8. The molecule has 2 aromatic rings. The van der Waals surface area contributed by atoms with Gasteiger partial charge in [0.25, 0.3) is 16.1 Å². The topological polar surface area (TPSA) is 91.4 Å². The lowest BCUT2D eigenvalue weighted by molar-refractivity contribution is 0.0913. The molecule has 9 heteroatoms. The monoisotopic (exact) mass is 448 g/mol. The van der Waals surface area contributed by atoms with Crippen LogP contribution < -0.4 is 10.0 Å². The van der Waals surface area contributed by atoms with Gasteiger partial charge >= 0.3 is 0 Å². The van der Waals surface area contributed by atoms with E-state index in [1.54, 1.807) is 18.3 Å². The van der Waals surface area contributed by atoms with E-state index in [0.717, 1.165) is 17.7 Å². The number of carbonyl (C=O) groups excluding carboxylic acids is 1. The standard InChI is InChI=1S/C21H25ClN4O3S/c1-15-6-7-17(18(22)11-15)20(27)24-14-21(19-5-2-3-8-23-19)12-16(13-21)25-30(28,29)26-9-4-10-26/h2-3,5-8,11,16,25H,4,9-10,12-14H2,1H3,(H,24,27). The van der Waals surface area contributed by atoms with Gasteiger partial charge in [-0.15, -0.1) is 0 Å². The van der Waals surface area contributed by atoms with Crippen molar-refractivity contribution in [1.82, 2.24) is 19.3 Å². The molecule has 0 radical (unpaired) electrons. The van der Waals surface area contributed by atoms with E-state index in [0.29, 0.717) is 43.1 Å². The van der Waals surface area contributed by atoms with Crippen LogP contribution in [0.5, 0.6) is 0 Å². The zero-order valence-corrected chi connectivity index (χ0v) is 18.3. The summed E-state index contributed by atoms with van der Waals surface area (Å²) in [5.74, 6) is -0.250. The summed E-state index contributed by atoms with van der Waals surface area (Å²) in [6.45, 7) is 3.41. The molecule has 1 amide bonds. The quantitative estimate of drug-likeness (QED) is 0.680. The Bertz CT molecular complexity index is 1040. The summed E-state index contributed by atoms with van der Waals surface area (Å²) in [7, 11) is -3.44. The molecule has 160 valence electrons. The number of nitrogens with one attached hydrogen (secondary N) is 2. The summed E-state index contributed by atoms with van der Waals surface area (Å²) in [4.78, 5) is 17.2. The van der Waals surface area contributed by atoms with Gasteiger partial charge in [0.1, 0.15) is 0 Å². The molecule has 0 bridgehead atoms. The van der Waals surface area contributed by atoms with Crippen LogP contribution in [0.1, 0.15) is 40.9 Å². The van der Waals surface area contributed by atoms with Crippen molar-refractivity contribution < 1.29 is 13.2 Å². The average Bonchev–Trinajstić information content (AvgIpc) is 2.62. The number of amides is 1. The van der Waals surface area contributed by atoms with Crippen molar-refractivity contribution in [1.29, 1.82) is 0 Å². The maximum atomic E-state index is 12.7. The van der Waals surface area contributed by atoms with E-state index in [1.165, 1.54) is 4.31 Å². The number of carbonyl (C=O) groups is 1. The minimum absolute atomic E-state index is 0.183. The van der Waals surface area contributed by atoms with Crippen molar-refractivity contribution >= 4 is 27.7 Å². The number of aromatic nitrogens is 1. The van der Waals surface area contributed by atoms with Gasteiger partial charge in [-0.05, 0) is 56.0 Å². The van der Waals surface area contributed by atoms with Gasteiger partial charge in [0.15, 0.2) is 0 Å². The Balaban J connectivity index is 1.46. The minimum atomic E-state index is -3.44. The van der Waals surface area contributed by atoms with E-state index in [4.69, 9.17) is 11.6 Å². The summed E-state index contributed by atoms with van der Waals surface area (Å²) in [6, 6.07) is 10.8. The molecule has 2 aliphatic rings. The van der Waals surface area contributed by atoms with Crippen LogP contribution in [0.4, 0.5) is 0 Å². The van der Waals surface area contributed by atoms with Crippen molar-refractivity contribution in [2.45, 2.75) is 37.6 Å². The Hall–Kier alpha value is -2.00. The highest BCUT2D eigenvalue weighted by Gasteiger charge is 2.48. The van der Waals surface area contributed by atoms with Crippen molar-refractivity contribution in [2.24, 2.45) is 0 Å². The Labute approximate surface area is 182 Å². The van der Waals surface area contributed by atoms with Crippen LogP contribution in [0.15, 0.2) is 42.6 Å². The highest BCUT2D eigenvalue weighted by molar-refractivity contribution is 7.87. The number of aryl methyl sites for hydroxylation is 1. The Morgan fingerprint density at radius 2 is 2.03 bits per heavy atom. The molecule has 0 unspecified atom stereocenters. The van der Waals surface area contributed by atoms with Gasteiger partial charge in [-0.1, -0.05) is 23.7 Å². The van der Waals surface area contributed by atoms with E-state index >= 15 is 0 Å². The van der Waals surface area contributed by atoms with Gasteiger partial charge < -0.3 is 5.32 Å². The van der Waals surface area contributed by atoms with Gasteiger partial charge in [0.2, 0.25) is 0 Å². The molecule has 7 nitrogen and oxygen atoms in total. The summed E-state index contributed by atoms with van der Waals surface area (Å²) < 4.78 is 29.0. The molecule has 2 N–H and O–H groups in total. The van der Waals surface area contributed by atoms with E-state index in [2.05, 4.69) is 15.0 Å². The molecule has 1 aliphatic heterocycles. The Morgan fingerprint density at radius 1 is 1.27 bits per heavy atom. The van der Waals surface area contributed by atoms with Gasteiger partial charge in [-0.2, -0.15) is 17.4 Å². The van der Waals surface area contributed by atoms with Crippen molar-refractivity contribution in [3.05, 3.63) is 64.4 Å². The molecule has 2 fully saturated rings. The van der Waals surface area contributed by atoms with Gasteiger partial charge in [0.05, 0.1) is 10.6 Å². The molecule has 1 aromatic carbocycles. The lowest BCUT2D eigenvalue weighted by atomic mass is 9.63. The third-order valence-corrected chi connectivity index (χ3v) is 7.90. The third kappa shape index (κ3) is 4.23. The predicted molar refractivity (Wildman–Crippen MR) is 116 cm³/mol. The fourth-order valence-corrected chi connectivity index (χ4v) is 5.85. The molecular weight excluding hydrogens is 424 g/mol. The first-order valence-corrected chi connectivity index (χ1v) is 11.8. The second-order valence-electron chi connectivity index (χ2n) is 8.14. The lowest BCUT2D eigenvalue weighted by Crippen LogP contribution is -2.60. The fraction of sp³-hybridized carbons (Fsp3) is 0.429. The maximum Gasteiger partial charge on any atom is 0.279 e. The predicted octanol–water partition coefficient (Wildman–Crippen LogP) is 2.41. The Morgan fingerprint density at radius 3 is 2.63 bits per heavy atom. The summed E-state index contributed by atoms with van der Waals surface area (Å²) in [5.41, 5.74) is 1.83. The summed E-state index contributed by atoms with van der Waals surface area (Å²) in [5, 5.41) is 3.39. The van der Waals surface area contributed by atoms with Crippen molar-refractivity contribution in [3.63, 3.8) is 0 Å². The molecule has 0 atom stereocenters. The zero-order chi connectivity index (χ0) is 21.4. The van der Waals surface area contributed by atoms with Crippen LogP contribution in [0, 0.1) is 6.92 Å². The number of nitrogens with zero attached hydrogens (tertiary/aromatic N) is 2. The normalized spacial score (nSPS) is 24.0. The largest absolute Gasteiger partial charge is 0.351 e. The molecule has 4 rings (SSSR count). The average molecular weight is 449 g/mol. The first-order chi connectivity index (χ1) is 14.3. The molecule has 2 heterocycles. The van der Waals surface area contributed by atoms with Crippen molar-refractivity contribution in [2.75, 3.05) is 19.6 Å². The smallest absolute Gasteiger partial charge is 0.279 e. The minimum Gasteiger partial charge on any atom is -0.351 e. The van der Waals surface area contributed by atoms with Crippen LogP contribution in [0.3, 0.4) is 0 Å². The van der Waals surface area contributed by atoms with Gasteiger partial charge in [0, 0.05) is 43.0 Å². The first kappa shape index (κ1) is 21.2. The van der Waals surface area contributed by atoms with Gasteiger partial charge in [-0.25, -0.2) is 0 Å². The lowest BCUT2D eigenvalue weighted by Gasteiger charge is -2.48. The van der Waals surface area contributed by atoms with E-state index in [1.807, 2.05) is 31.2 Å². The van der Waals surface area contributed by atoms with E-state index in [9.17, 15) is 13.2 Å². The second kappa shape index (κ2) is 8.26.